The molecule has 1 unspecified atom stereocenters. The van der Waals surface area contributed by atoms with Crippen LogP contribution in [-0.4, -0.2) is 129 Å². The van der Waals surface area contributed by atoms with Crippen LogP contribution in [0.2, 0.25) is 0 Å². The summed E-state index contributed by atoms with van der Waals surface area (Å²) in [6.45, 7) is 8.86. The van der Waals surface area contributed by atoms with E-state index in [1.54, 1.807) is 6.07 Å². The number of hydrogen-bond acceptors (Lipinski definition) is 10. The van der Waals surface area contributed by atoms with E-state index in [1.165, 1.54) is 57.3 Å². The van der Waals surface area contributed by atoms with Gasteiger partial charge in [0.15, 0.2) is 0 Å². The number of piperazine rings is 1. The van der Waals surface area contributed by atoms with Crippen molar-refractivity contribution < 1.29 is 38.1 Å². The van der Waals surface area contributed by atoms with Gasteiger partial charge in [0.05, 0.1) is 50.8 Å². The van der Waals surface area contributed by atoms with Crippen molar-refractivity contribution in [2.75, 3.05) is 79.0 Å². The molecule has 0 aromatic heterocycles. The summed E-state index contributed by atoms with van der Waals surface area (Å²) in [5, 5.41) is 2.19. The molecule has 1 aliphatic carbocycles. The number of nitrogens with one attached hydrogen (secondary N) is 1. The van der Waals surface area contributed by atoms with E-state index in [-0.39, 0.29) is 30.6 Å². The number of carbonyl (C=O) groups excluding carboxylic acids is 4. The Balaban J connectivity index is 0.875. The van der Waals surface area contributed by atoms with Crippen LogP contribution in [0, 0.1) is 0 Å². The largest absolute Gasteiger partial charge is 0.491 e. The lowest BCUT2D eigenvalue weighted by Crippen LogP contribution is -2.54. The Bertz CT molecular complexity index is 1130. The van der Waals surface area contributed by atoms with Crippen LogP contribution in [-0.2, 0) is 23.8 Å². The van der Waals surface area contributed by atoms with Crippen molar-refractivity contribution in [3.63, 3.8) is 0 Å². The van der Waals surface area contributed by atoms with Crippen molar-refractivity contribution in [2.45, 2.75) is 57.0 Å². The number of ether oxygens (including phenoxy) is 4. The number of rotatable bonds is 15. The van der Waals surface area contributed by atoms with Crippen molar-refractivity contribution in [1.29, 1.82) is 0 Å². The second-order valence-electron chi connectivity index (χ2n) is 11.5. The van der Waals surface area contributed by atoms with Crippen molar-refractivity contribution in [1.82, 2.24) is 20.0 Å². The van der Waals surface area contributed by atoms with Crippen LogP contribution in [0.25, 0.3) is 0 Å². The lowest BCUT2D eigenvalue weighted by molar-refractivity contribution is -0.136. The van der Waals surface area contributed by atoms with E-state index in [1.807, 2.05) is 0 Å². The van der Waals surface area contributed by atoms with Gasteiger partial charge in [0.2, 0.25) is 11.8 Å². The van der Waals surface area contributed by atoms with Gasteiger partial charge in [0.25, 0.3) is 11.8 Å². The zero-order chi connectivity index (χ0) is 30.0. The maximum atomic E-state index is 12.9. The molecular formula is C31H44N4O8. The smallest absolute Gasteiger partial charge is 0.262 e. The fraction of sp³-hybridized carbons (Fsp3) is 0.677. The third-order valence-corrected chi connectivity index (χ3v) is 8.70. The molecular weight excluding hydrogens is 556 g/mol. The molecule has 0 spiro atoms. The average Bonchev–Trinajstić information content (AvgIpc) is 3.27. The number of imide groups is 2. The van der Waals surface area contributed by atoms with Gasteiger partial charge in [-0.15, -0.1) is 0 Å². The van der Waals surface area contributed by atoms with Gasteiger partial charge in [-0.1, -0.05) is 19.3 Å². The second-order valence-corrected chi connectivity index (χ2v) is 11.5. The number of carbonyl (C=O) groups is 4. The molecule has 4 amide bonds. The van der Waals surface area contributed by atoms with Crippen LogP contribution >= 0.6 is 0 Å². The van der Waals surface area contributed by atoms with Crippen LogP contribution in [0.1, 0.15) is 65.7 Å². The highest BCUT2D eigenvalue weighted by atomic mass is 16.6. The Labute approximate surface area is 252 Å². The minimum absolute atomic E-state index is 0.0786. The minimum Gasteiger partial charge on any atom is -0.491 e. The van der Waals surface area contributed by atoms with E-state index >= 15 is 0 Å². The second kappa shape index (κ2) is 15.7. The number of hydrogen-bond donors (Lipinski definition) is 1. The number of fused-ring (bicyclic) bond motifs is 1. The lowest BCUT2D eigenvalue weighted by atomic mass is 9.94. The van der Waals surface area contributed by atoms with E-state index in [2.05, 4.69) is 15.1 Å². The summed E-state index contributed by atoms with van der Waals surface area (Å²) in [6, 6.07) is 4.45. The van der Waals surface area contributed by atoms with Crippen molar-refractivity contribution in [3.05, 3.63) is 29.3 Å². The summed E-state index contributed by atoms with van der Waals surface area (Å²) in [5.74, 6) is -1.73. The molecule has 12 heteroatoms. The minimum atomic E-state index is -0.992. The monoisotopic (exact) mass is 600 g/mol. The summed E-state index contributed by atoms with van der Waals surface area (Å²) in [6.07, 6.45) is 7.14. The Hall–Kier alpha value is -2.90. The van der Waals surface area contributed by atoms with Gasteiger partial charge in [-0.25, -0.2) is 0 Å². The summed E-state index contributed by atoms with van der Waals surface area (Å²) in [5.41, 5.74) is 0.396. The molecule has 4 aliphatic rings. The quantitative estimate of drug-likeness (QED) is 0.234. The molecule has 236 valence electrons. The molecule has 2 saturated heterocycles. The van der Waals surface area contributed by atoms with Crippen LogP contribution in [0.3, 0.4) is 0 Å². The molecule has 1 aromatic rings. The highest BCUT2D eigenvalue weighted by molar-refractivity contribution is 6.23. The van der Waals surface area contributed by atoms with Crippen molar-refractivity contribution >= 4 is 23.6 Å². The van der Waals surface area contributed by atoms with Gasteiger partial charge in [-0.05, 0) is 37.5 Å². The van der Waals surface area contributed by atoms with E-state index in [9.17, 15) is 19.2 Å². The average molecular weight is 601 g/mol. The van der Waals surface area contributed by atoms with Crippen LogP contribution in [0.5, 0.6) is 5.75 Å². The maximum absolute atomic E-state index is 12.9. The molecule has 1 atom stereocenters. The number of benzene rings is 1. The third-order valence-electron chi connectivity index (χ3n) is 8.70. The van der Waals surface area contributed by atoms with Gasteiger partial charge < -0.3 is 18.9 Å². The van der Waals surface area contributed by atoms with Crippen LogP contribution in [0.4, 0.5) is 0 Å². The van der Waals surface area contributed by atoms with Crippen LogP contribution < -0.4 is 10.1 Å². The van der Waals surface area contributed by atoms with Crippen molar-refractivity contribution in [2.24, 2.45) is 0 Å². The zero-order valence-electron chi connectivity index (χ0n) is 24.9. The van der Waals surface area contributed by atoms with Gasteiger partial charge in [-0.2, -0.15) is 0 Å². The van der Waals surface area contributed by atoms with Crippen molar-refractivity contribution in [3.8, 4) is 5.75 Å². The highest BCUT2D eigenvalue weighted by Gasteiger charge is 2.44. The summed E-state index contributed by atoms with van der Waals surface area (Å²) < 4.78 is 22.6. The number of amides is 4. The van der Waals surface area contributed by atoms with E-state index in [4.69, 9.17) is 18.9 Å². The molecule has 1 saturated carbocycles. The Kier molecular flexibility index (Phi) is 11.5. The Morgan fingerprint density at radius 1 is 0.721 bits per heavy atom. The van der Waals surface area contributed by atoms with Gasteiger partial charge in [-0.3, -0.25) is 39.2 Å². The van der Waals surface area contributed by atoms with Gasteiger partial charge in [0.1, 0.15) is 18.4 Å². The first-order valence-electron chi connectivity index (χ1n) is 15.7. The lowest BCUT2D eigenvalue weighted by Gasteiger charge is -2.40. The topological polar surface area (TPSA) is 127 Å². The van der Waals surface area contributed by atoms with E-state index in [0.717, 1.165) is 37.2 Å². The van der Waals surface area contributed by atoms with E-state index in [0.29, 0.717) is 38.8 Å². The SMILES string of the molecule is O=C1CCC(N2C(=O)c3ccc(OCCOCCOCCOCCN4CCN(C5CCCCC5)CC4)cc3C2=O)C(=O)N1. The molecule has 0 bridgehead atoms. The van der Waals surface area contributed by atoms with Crippen LogP contribution in [0.15, 0.2) is 18.2 Å². The molecule has 3 aliphatic heterocycles. The molecule has 1 aromatic carbocycles. The third kappa shape index (κ3) is 8.39. The summed E-state index contributed by atoms with van der Waals surface area (Å²) in [4.78, 5) is 55.4. The first-order valence-corrected chi connectivity index (χ1v) is 15.7. The molecule has 12 nitrogen and oxygen atoms in total. The van der Waals surface area contributed by atoms with Gasteiger partial charge >= 0.3 is 0 Å². The fourth-order valence-corrected chi connectivity index (χ4v) is 6.29. The number of nitrogens with zero attached hydrogens (tertiary/aromatic N) is 3. The normalized spacial score (nSPS) is 22.2. The molecule has 5 rings (SSSR count). The maximum Gasteiger partial charge on any atom is 0.262 e. The summed E-state index contributed by atoms with van der Waals surface area (Å²) in [7, 11) is 0. The standard InChI is InChI=1S/C31H44N4O8/c36-28-9-8-27(29(37)32-28)35-30(38)25-7-6-24(22-26(25)31(35)39)43-21-20-42-19-18-41-17-16-40-15-14-33-10-12-34(13-11-33)23-4-2-1-3-5-23/h6-7,22-23,27H,1-5,8-21H2,(H,32,36,37). The molecule has 3 heterocycles. The summed E-state index contributed by atoms with van der Waals surface area (Å²) >= 11 is 0. The Morgan fingerprint density at radius 2 is 1.37 bits per heavy atom. The zero-order valence-corrected chi connectivity index (χ0v) is 24.9. The van der Waals surface area contributed by atoms with E-state index < -0.39 is 29.7 Å². The Morgan fingerprint density at radius 3 is 2.07 bits per heavy atom. The molecule has 1 N–H and O–H groups in total. The predicted molar refractivity (Wildman–Crippen MR) is 156 cm³/mol. The van der Waals surface area contributed by atoms with Gasteiger partial charge in [0, 0.05) is 45.2 Å². The molecule has 0 radical (unpaired) electrons. The first kappa shape index (κ1) is 31.5. The molecule has 43 heavy (non-hydrogen) atoms. The fourth-order valence-electron chi connectivity index (χ4n) is 6.29. The molecule has 3 fully saturated rings. The predicted octanol–water partition coefficient (Wildman–Crippen LogP) is 1.47. The first-order chi connectivity index (χ1) is 21.0. The number of piperidine rings is 1. The highest BCUT2D eigenvalue weighted by Crippen LogP contribution is 2.30.